The van der Waals surface area contributed by atoms with E-state index in [-0.39, 0.29) is 19.8 Å². The summed E-state index contributed by atoms with van der Waals surface area (Å²) >= 11 is 0. The van der Waals surface area contributed by atoms with Crippen molar-refractivity contribution in [3.8, 4) is 0 Å². The number of phosphoric acid groups is 1. The number of esters is 1. The van der Waals surface area contributed by atoms with Gasteiger partial charge in [-0.2, -0.15) is 0 Å². The maximum atomic E-state index is 11.7. The Labute approximate surface area is 95.1 Å². The third kappa shape index (κ3) is 6.74. The van der Waals surface area contributed by atoms with Gasteiger partial charge in [-0.15, -0.1) is 0 Å². The van der Waals surface area contributed by atoms with Crippen molar-refractivity contribution >= 4 is 13.8 Å². The predicted molar refractivity (Wildman–Crippen MR) is 58.0 cm³/mol. The van der Waals surface area contributed by atoms with Gasteiger partial charge in [0.25, 0.3) is 0 Å². The molecular formula is C9H17O6P. The quantitative estimate of drug-likeness (QED) is 0.373. The molecular weight excluding hydrogens is 235 g/mol. The fourth-order valence-electron chi connectivity index (χ4n) is 0.775. The van der Waals surface area contributed by atoms with Gasteiger partial charge in [0.05, 0.1) is 26.9 Å². The standard InChI is InChI=1S/C9H17O6P/c1-4-13-16(11,14-5-2)15-8-6-7-9(10)12-3/h6-7H,4-5,8H2,1-3H3/b7-6+. The molecule has 94 valence electrons. The molecule has 0 saturated carbocycles. The summed E-state index contributed by atoms with van der Waals surface area (Å²) in [4.78, 5) is 10.7. The summed E-state index contributed by atoms with van der Waals surface area (Å²) in [6, 6.07) is 0. The van der Waals surface area contributed by atoms with E-state index in [0.29, 0.717) is 0 Å². The highest BCUT2D eigenvalue weighted by Gasteiger charge is 2.24. The summed E-state index contributed by atoms with van der Waals surface area (Å²) in [6.07, 6.45) is 2.54. The van der Waals surface area contributed by atoms with E-state index in [1.807, 2.05) is 0 Å². The minimum Gasteiger partial charge on any atom is -0.466 e. The van der Waals surface area contributed by atoms with Gasteiger partial charge in [-0.3, -0.25) is 13.6 Å². The van der Waals surface area contributed by atoms with Crippen molar-refractivity contribution in [2.45, 2.75) is 13.8 Å². The highest BCUT2D eigenvalue weighted by atomic mass is 31.2. The van der Waals surface area contributed by atoms with Crippen molar-refractivity contribution in [3.05, 3.63) is 12.2 Å². The summed E-state index contributed by atoms with van der Waals surface area (Å²) in [5.74, 6) is -0.508. The number of carbonyl (C=O) groups excluding carboxylic acids is 1. The van der Waals surface area contributed by atoms with Crippen LogP contribution in [0.2, 0.25) is 0 Å². The van der Waals surface area contributed by atoms with Crippen LogP contribution in [0, 0.1) is 0 Å². The second-order valence-corrected chi connectivity index (χ2v) is 4.17. The minimum atomic E-state index is -3.49. The molecule has 0 aliphatic carbocycles. The molecule has 0 aliphatic heterocycles. The van der Waals surface area contributed by atoms with Crippen molar-refractivity contribution < 1.29 is 27.7 Å². The third-order valence-corrected chi connectivity index (χ3v) is 2.97. The number of methoxy groups -OCH3 is 1. The Morgan fingerprint density at radius 3 is 2.19 bits per heavy atom. The molecule has 0 aromatic carbocycles. The fourth-order valence-corrected chi connectivity index (χ4v) is 1.90. The summed E-state index contributed by atoms with van der Waals surface area (Å²) in [7, 11) is -2.23. The molecule has 0 aliphatic rings. The van der Waals surface area contributed by atoms with E-state index in [9.17, 15) is 9.36 Å². The van der Waals surface area contributed by atoms with E-state index in [0.717, 1.165) is 0 Å². The van der Waals surface area contributed by atoms with E-state index in [1.165, 1.54) is 19.3 Å². The zero-order chi connectivity index (χ0) is 12.4. The third-order valence-electron chi connectivity index (χ3n) is 1.36. The Hall–Kier alpha value is -0.680. The number of carbonyl (C=O) groups is 1. The highest BCUT2D eigenvalue weighted by Crippen LogP contribution is 2.48. The van der Waals surface area contributed by atoms with Crippen molar-refractivity contribution in [1.82, 2.24) is 0 Å². The molecule has 0 rings (SSSR count). The monoisotopic (exact) mass is 252 g/mol. The number of hydrogen-bond donors (Lipinski definition) is 0. The lowest BCUT2D eigenvalue weighted by atomic mass is 10.5. The smallest absolute Gasteiger partial charge is 0.466 e. The van der Waals surface area contributed by atoms with Crippen LogP contribution in [0.25, 0.3) is 0 Å². The summed E-state index contributed by atoms with van der Waals surface area (Å²) < 4.78 is 30.7. The van der Waals surface area contributed by atoms with Gasteiger partial charge in [-0.1, -0.05) is 6.08 Å². The van der Waals surface area contributed by atoms with E-state index >= 15 is 0 Å². The Kier molecular flexibility index (Phi) is 8.11. The van der Waals surface area contributed by atoms with Gasteiger partial charge in [-0.05, 0) is 13.8 Å². The van der Waals surface area contributed by atoms with E-state index < -0.39 is 13.8 Å². The van der Waals surface area contributed by atoms with Gasteiger partial charge in [0.15, 0.2) is 0 Å². The first kappa shape index (κ1) is 15.3. The molecule has 0 saturated heterocycles. The van der Waals surface area contributed by atoms with Gasteiger partial charge in [0.1, 0.15) is 0 Å². The molecule has 0 aromatic heterocycles. The normalized spacial score (nSPS) is 11.9. The van der Waals surface area contributed by atoms with Crippen LogP contribution in [-0.2, 0) is 27.7 Å². The first-order valence-electron chi connectivity index (χ1n) is 4.86. The van der Waals surface area contributed by atoms with Crippen molar-refractivity contribution in [1.29, 1.82) is 0 Å². The molecule has 0 amide bonds. The molecule has 16 heavy (non-hydrogen) atoms. The Morgan fingerprint density at radius 1 is 1.19 bits per heavy atom. The van der Waals surface area contributed by atoms with Crippen LogP contribution < -0.4 is 0 Å². The zero-order valence-electron chi connectivity index (χ0n) is 9.67. The van der Waals surface area contributed by atoms with E-state index in [4.69, 9.17) is 13.6 Å². The number of hydrogen-bond acceptors (Lipinski definition) is 6. The largest absolute Gasteiger partial charge is 0.475 e. The van der Waals surface area contributed by atoms with Gasteiger partial charge in [0.2, 0.25) is 0 Å². The summed E-state index contributed by atoms with van der Waals surface area (Å²) in [5.41, 5.74) is 0. The summed E-state index contributed by atoms with van der Waals surface area (Å²) in [5, 5.41) is 0. The zero-order valence-corrected chi connectivity index (χ0v) is 10.6. The molecule has 0 unspecified atom stereocenters. The van der Waals surface area contributed by atoms with Crippen molar-refractivity contribution in [3.63, 3.8) is 0 Å². The van der Waals surface area contributed by atoms with Gasteiger partial charge >= 0.3 is 13.8 Å². The Bertz CT molecular complexity index is 265. The van der Waals surface area contributed by atoms with Gasteiger partial charge < -0.3 is 4.74 Å². The minimum absolute atomic E-state index is 0.0492. The SMILES string of the molecule is CCOP(=O)(OCC)OC/C=C/C(=O)OC. The predicted octanol–water partition coefficient (Wildman–Crippen LogP) is 1.91. The molecule has 0 N–H and O–H groups in total. The fraction of sp³-hybridized carbons (Fsp3) is 0.667. The lowest BCUT2D eigenvalue weighted by Crippen LogP contribution is -2.01. The van der Waals surface area contributed by atoms with Crippen LogP contribution in [0.5, 0.6) is 0 Å². The second-order valence-electron chi connectivity index (χ2n) is 2.50. The lowest BCUT2D eigenvalue weighted by Gasteiger charge is -2.14. The molecule has 0 radical (unpaired) electrons. The van der Waals surface area contributed by atoms with Crippen LogP contribution in [0.15, 0.2) is 12.2 Å². The van der Waals surface area contributed by atoms with Crippen LogP contribution in [-0.4, -0.2) is 32.9 Å². The average molecular weight is 252 g/mol. The average Bonchev–Trinajstić information content (AvgIpc) is 2.25. The van der Waals surface area contributed by atoms with E-state index in [1.54, 1.807) is 13.8 Å². The number of ether oxygens (including phenoxy) is 1. The Balaban J connectivity index is 4.07. The van der Waals surface area contributed by atoms with Crippen molar-refractivity contribution in [2.75, 3.05) is 26.9 Å². The topological polar surface area (TPSA) is 71.1 Å². The van der Waals surface area contributed by atoms with Gasteiger partial charge in [0, 0.05) is 6.08 Å². The molecule has 0 bridgehead atoms. The first-order chi connectivity index (χ1) is 7.58. The molecule has 0 atom stereocenters. The van der Waals surface area contributed by atoms with Crippen LogP contribution in [0.1, 0.15) is 13.8 Å². The van der Waals surface area contributed by atoms with Crippen LogP contribution in [0.4, 0.5) is 0 Å². The maximum Gasteiger partial charge on any atom is 0.475 e. The lowest BCUT2D eigenvalue weighted by molar-refractivity contribution is -0.134. The molecule has 0 fully saturated rings. The molecule has 7 heteroatoms. The second kappa shape index (κ2) is 8.47. The van der Waals surface area contributed by atoms with Crippen LogP contribution in [0.3, 0.4) is 0 Å². The van der Waals surface area contributed by atoms with Gasteiger partial charge in [-0.25, -0.2) is 9.36 Å². The van der Waals surface area contributed by atoms with E-state index in [2.05, 4.69) is 4.74 Å². The maximum absolute atomic E-state index is 11.7. The first-order valence-corrected chi connectivity index (χ1v) is 6.32. The number of phosphoric ester groups is 1. The summed E-state index contributed by atoms with van der Waals surface area (Å²) in [6.45, 7) is 3.75. The van der Waals surface area contributed by atoms with Crippen LogP contribution >= 0.6 is 7.82 Å². The molecule has 6 nitrogen and oxygen atoms in total. The number of rotatable bonds is 8. The highest BCUT2D eigenvalue weighted by molar-refractivity contribution is 7.48. The molecule has 0 aromatic rings. The van der Waals surface area contributed by atoms with Crippen molar-refractivity contribution in [2.24, 2.45) is 0 Å². The molecule has 0 spiro atoms. The Morgan fingerprint density at radius 2 is 1.75 bits per heavy atom. The molecule has 0 heterocycles.